The van der Waals surface area contributed by atoms with Crippen LogP contribution in [0.1, 0.15) is 17.3 Å². The molecule has 0 fully saturated rings. The van der Waals surface area contributed by atoms with Crippen LogP contribution < -0.4 is 10.6 Å². The van der Waals surface area contributed by atoms with E-state index in [-0.39, 0.29) is 18.2 Å². The van der Waals surface area contributed by atoms with Gasteiger partial charge in [-0.25, -0.2) is 8.78 Å². The van der Waals surface area contributed by atoms with Crippen molar-refractivity contribution in [3.63, 3.8) is 0 Å². The van der Waals surface area contributed by atoms with Crippen LogP contribution >= 0.6 is 0 Å². The van der Waals surface area contributed by atoms with E-state index in [2.05, 4.69) is 10.6 Å². The second kappa shape index (κ2) is 6.80. The minimum atomic E-state index is -0.987. The molecule has 0 bridgehead atoms. The zero-order valence-corrected chi connectivity index (χ0v) is 11.8. The molecular weight excluding hydrogens is 290 g/mol. The molecule has 114 valence electrons. The second-order valence-electron chi connectivity index (χ2n) is 4.67. The summed E-state index contributed by atoms with van der Waals surface area (Å²) in [5.74, 6) is -2.41. The fraction of sp³-hybridized carbons (Fsp3) is 0.125. The molecule has 0 aliphatic carbocycles. The predicted octanol–water partition coefficient (Wildman–Crippen LogP) is 3.22. The van der Waals surface area contributed by atoms with Gasteiger partial charge in [-0.2, -0.15) is 0 Å². The number of anilines is 2. The first-order valence-corrected chi connectivity index (χ1v) is 6.55. The van der Waals surface area contributed by atoms with Gasteiger partial charge in [-0.3, -0.25) is 9.59 Å². The number of rotatable bonds is 5. The number of benzene rings is 2. The van der Waals surface area contributed by atoms with Gasteiger partial charge in [0, 0.05) is 23.0 Å². The Hall–Kier alpha value is -2.76. The molecule has 0 radical (unpaired) electrons. The third-order valence-corrected chi connectivity index (χ3v) is 2.93. The van der Waals surface area contributed by atoms with Crippen molar-refractivity contribution in [2.45, 2.75) is 6.92 Å². The lowest BCUT2D eigenvalue weighted by Crippen LogP contribution is -2.21. The maximum Gasteiger partial charge on any atom is 0.243 e. The van der Waals surface area contributed by atoms with Gasteiger partial charge < -0.3 is 10.6 Å². The Balaban J connectivity index is 1.94. The van der Waals surface area contributed by atoms with Gasteiger partial charge in [-0.15, -0.1) is 0 Å². The Morgan fingerprint density at radius 1 is 1.00 bits per heavy atom. The summed E-state index contributed by atoms with van der Waals surface area (Å²) in [4.78, 5) is 23.1. The van der Waals surface area contributed by atoms with Crippen molar-refractivity contribution < 1.29 is 18.4 Å². The molecule has 0 saturated carbocycles. The highest BCUT2D eigenvalue weighted by Gasteiger charge is 2.06. The summed E-state index contributed by atoms with van der Waals surface area (Å²) in [6.45, 7) is 1.32. The van der Waals surface area contributed by atoms with Crippen molar-refractivity contribution in [2.24, 2.45) is 0 Å². The van der Waals surface area contributed by atoms with E-state index in [1.807, 2.05) is 0 Å². The van der Waals surface area contributed by atoms with E-state index in [9.17, 15) is 18.4 Å². The van der Waals surface area contributed by atoms with Crippen LogP contribution in [0.5, 0.6) is 0 Å². The summed E-state index contributed by atoms with van der Waals surface area (Å²) < 4.78 is 25.8. The van der Waals surface area contributed by atoms with Gasteiger partial charge in [0.2, 0.25) is 5.91 Å². The minimum absolute atomic E-state index is 0.101. The third-order valence-electron chi connectivity index (χ3n) is 2.93. The molecule has 2 aromatic carbocycles. The molecule has 0 aromatic heterocycles. The Bertz CT molecular complexity index is 717. The van der Waals surface area contributed by atoms with Crippen molar-refractivity contribution in [2.75, 3.05) is 17.2 Å². The van der Waals surface area contributed by atoms with Crippen LogP contribution in [0.3, 0.4) is 0 Å². The summed E-state index contributed by atoms with van der Waals surface area (Å²) in [6, 6.07) is 9.82. The molecule has 0 saturated heterocycles. The van der Waals surface area contributed by atoms with Gasteiger partial charge in [-0.1, -0.05) is 12.1 Å². The van der Waals surface area contributed by atoms with Crippen molar-refractivity contribution in [1.29, 1.82) is 0 Å². The Labute approximate surface area is 126 Å². The van der Waals surface area contributed by atoms with Gasteiger partial charge in [0.25, 0.3) is 0 Å². The molecule has 0 aliphatic heterocycles. The first-order chi connectivity index (χ1) is 10.5. The summed E-state index contributed by atoms with van der Waals surface area (Å²) in [5.41, 5.74) is 1.28. The summed E-state index contributed by atoms with van der Waals surface area (Å²) in [6.07, 6.45) is 0. The van der Waals surface area contributed by atoms with Crippen LogP contribution in [0.4, 0.5) is 20.2 Å². The van der Waals surface area contributed by atoms with E-state index < -0.39 is 11.6 Å². The van der Waals surface area contributed by atoms with E-state index in [0.717, 1.165) is 12.1 Å². The molecular formula is C16H14F2N2O2. The number of Topliss-reactive ketones (excluding diaryl/α,β-unsaturated/α-hetero) is 1. The van der Waals surface area contributed by atoms with Crippen LogP contribution in [-0.2, 0) is 4.79 Å². The summed E-state index contributed by atoms with van der Waals surface area (Å²) in [5, 5.41) is 5.30. The topological polar surface area (TPSA) is 58.2 Å². The zero-order valence-electron chi connectivity index (χ0n) is 11.8. The van der Waals surface area contributed by atoms with Crippen LogP contribution in [0.15, 0.2) is 42.5 Å². The number of hydrogen-bond acceptors (Lipinski definition) is 3. The van der Waals surface area contributed by atoms with E-state index in [1.54, 1.807) is 24.3 Å². The molecule has 0 heterocycles. The number of carbonyl (C=O) groups is 2. The standard InChI is InChI=1S/C16H14F2N2O2/c1-10(21)11-3-2-4-13(7-11)20-16(22)9-19-12-5-6-14(17)15(18)8-12/h2-8,19H,9H2,1H3,(H,20,22). The fourth-order valence-corrected chi connectivity index (χ4v) is 1.81. The normalized spacial score (nSPS) is 10.1. The molecule has 2 rings (SSSR count). The van der Waals surface area contributed by atoms with Crippen molar-refractivity contribution in [1.82, 2.24) is 0 Å². The SMILES string of the molecule is CC(=O)c1cccc(NC(=O)CNc2ccc(F)c(F)c2)c1. The molecule has 2 aromatic rings. The van der Waals surface area contributed by atoms with Gasteiger partial charge in [0.1, 0.15) is 0 Å². The maximum absolute atomic E-state index is 13.0. The van der Waals surface area contributed by atoms with Gasteiger partial charge in [-0.05, 0) is 31.2 Å². The average molecular weight is 304 g/mol. The lowest BCUT2D eigenvalue weighted by atomic mass is 10.1. The third kappa shape index (κ3) is 4.12. The van der Waals surface area contributed by atoms with Gasteiger partial charge in [0.05, 0.1) is 6.54 Å². The summed E-state index contributed by atoms with van der Waals surface area (Å²) in [7, 11) is 0. The smallest absolute Gasteiger partial charge is 0.243 e. The number of nitrogens with one attached hydrogen (secondary N) is 2. The maximum atomic E-state index is 13.0. The Morgan fingerprint density at radius 2 is 1.77 bits per heavy atom. The van der Waals surface area contributed by atoms with Crippen LogP contribution in [0, 0.1) is 11.6 Å². The number of carbonyl (C=O) groups excluding carboxylic acids is 2. The number of halogens is 2. The largest absolute Gasteiger partial charge is 0.376 e. The first kappa shape index (κ1) is 15.6. The molecule has 0 unspecified atom stereocenters. The molecule has 22 heavy (non-hydrogen) atoms. The molecule has 6 heteroatoms. The quantitative estimate of drug-likeness (QED) is 0.834. The second-order valence-corrected chi connectivity index (χ2v) is 4.67. The number of ketones is 1. The lowest BCUT2D eigenvalue weighted by molar-refractivity contribution is -0.114. The van der Waals surface area contributed by atoms with Crippen molar-refractivity contribution in [3.8, 4) is 0 Å². The Morgan fingerprint density at radius 3 is 2.45 bits per heavy atom. The fourth-order valence-electron chi connectivity index (χ4n) is 1.81. The predicted molar refractivity (Wildman–Crippen MR) is 79.9 cm³/mol. The highest BCUT2D eigenvalue weighted by Crippen LogP contribution is 2.13. The molecule has 1 amide bonds. The minimum Gasteiger partial charge on any atom is -0.376 e. The van der Waals surface area contributed by atoms with E-state index in [0.29, 0.717) is 16.9 Å². The lowest BCUT2D eigenvalue weighted by Gasteiger charge is -2.09. The monoisotopic (exact) mass is 304 g/mol. The van der Waals surface area contributed by atoms with Gasteiger partial charge in [0.15, 0.2) is 17.4 Å². The first-order valence-electron chi connectivity index (χ1n) is 6.55. The van der Waals surface area contributed by atoms with Crippen molar-refractivity contribution in [3.05, 3.63) is 59.7 Å². The zero-order chi connectivity index (χ0) is 16.1. The van der Waals surface area contributed by atoms with E-state index in [4.69, 9.17) is 0 Å². The average Bonchev–Trinajstić information content (AvgIpc) is 2.49. The molecule has 4 nitrogen and oxygen atoms in total. The van der Waals surface area contributed by atoms with E-state index in [1.165, 1.54) is 13.0 Å². The van der Waals surface area contributed by atoms with Crippen molar-refractivity contribution >= 4 is 23.1 Å². The number of amides is 1. The highest BCUT2D eigenvalue weighted by atomic mass is 19.2. The van der Waals surface area contributed by atoms with Crippen LogP contribution in [0.25, 0.3) is 0 Å². The van der Waals surface area contributed by atoms with E-state index >= 15 is 0 Å². The molecule has 2 N–H and O–H groups in total. The number of hydrogen-bond donors (Lipinski definition) is 2. The molecule has 0 atom stereocenters. The summed E-state index contributed by atoms with van der Waals surface area (Å²) >= 11 is 0. The highest BCUT2D eigenvalue weighted by molar-refractivity contribution is 5.98. The van der Waals surface area contributed by atoms with Crippen LogP contribution in [-0.4, -0.2) is 18.2 Å². The molecule has 0 aliphatic rings. The van der Waals surface area contributed by atoms with Crippen LogP contribution in [0.2, 0.25) is 0 Å². The van der Waals surface area contributed by atoms with Gasteiger partial charge >= 0.3 is 0 Å². The Kier molecular flexibility index (Phi) is 4.83. The molecule has 0 spiro atoms.